The first-order chi connectivity index (χ1) is 15.5. The number of aromatic nitrogens is 6. The third-order valence-electron chi connectivity index (χ3n) is 5.62. The molecule has 2 aromatic heterocycles. The van der Waals surface area contributed by atoms with Gasteiger partial charge in [0.25, 0.3) is 5.56 Å². The summed E-state index contributed by atoms with van der Waals surface area (Å²) in [6.45, 7) is 5.34. The molecule has 0 unspecified atom stereocenters. The molecule has 10 heteroatoms. The first-order valence-corrected chi connectivity index (χ1v) is 11.3. The normalized spacial score (nSPS) is 12.8. The predicted molar refractivity (Wildman–Crippen MR) is 123 cm³/mol. The number of rotatable bonds is 9. The van der Waals surface area contributed by atoms with Gasteiger partial charge in [-0.2, -0.15) is 4.80 Å². The molecule has 0 aliphatic carbocycles. The maximum atomic E-state index is 13.0. The highest BCUT2D eigenvalue weighted by atomic mass is 35.5. The van der Waals surface area contributed by atoms with Crippen molar-refractivity contribution in [1.29, 1.82) is 0 Å². The van der Waals surface area contributed by atoms with Gasteiger partial charge >= 0.3 is 5.69 Å². The number of fused-ring (bicyclic) bond motifs is 1. The third kappa shape index (κ3) is 4.57. The van der Waals surface area contributed by atoms with E-state index in [9.17, 15) is 9.59 Å². The Labute approximate surface area is 190 Å². The van der Waals surface area contributed by atoms with Gasteiger partial charge in [-0.25, -0.2) is 9.79 Å². The first kappa shape index (κ1) is 22.1. The molecule has 1 aliphatic heterocycles. The van der Waals surface area contributed by atoms with E-state index in [1.807, 2.05) is 12.1 Å². The summed E-state index contributed by atoms with van der Waals surface area (Å²) in [7, 11) is 0. The van der Waals surface area contributed by atoms with Gasteiger partial charge in [-0.1, -0.05) is 49.2 Å². The van der Waals surface area contributed by atoms with E-state index in [1.54, 1.807) is 4.57 Å². The Bertz CT molecular complexity index is 1270. The summed E-state index contributed by atoms with van der Waals surface area (Å²) >= 11 is 6.07. The molecule has 4 rings (SSSR count). The van der Waals surface area contributed by atoms with Crippen LogP contribution >= 0.6 is 11.6 Å². The number of halogens is 1. The molecule has 0 spiro atoms. The summed E-state index contributed by atoms with van der Waals surface area (Å²) in [4.78, 5) is 31.7. The van der Waals surface area contributed by atoms with Gasteiger partial charge in [0.2, 0.25) is 0 Å². The maximum absolute atomic E-state index is 13.0. The SMILES string of the molecule is CCCCn1c2c(c(=O)n(CCCn3nnc(Cc4ccccc4C)n3)c1=O)CC(Cl)=N2. The highest BCUT2D eigenvalue weighted by Gasteiger charge is 2.24. The van der Waals surface area contributed by atoms with Crippen molar-refractivity contribution in [2.45, 2.75) is 65.6 Å². The van der Waals surface area contributed by atoms with Gasteiger partial charge in [-0.05, 0) is 36.1 Å². The lowest BCUT2D eigenvalue weighted by Gasteiger charge is -2.13. The molecule has 0 saturated heterocycles. The maximum Gasteiger partial charge on any atom is 0.332 e. The summed E-state index contributed by atoms with van der Waals surface area (Å²) in [6.07, 6.45) is 3.16. The van der Waals surface area contributed by atoms with E-state index in [0.29, 0.717) is 48.3 Å². The lowest BCUT2D eigenvalue weighted by Crippen LogP contribution is -2.41. The van der Waals surface area contributed by atoms with Crippen molar-refractivity contribution in [3.63, 3.8) is 0 Å². The summed E-state index contributed by atoms with van der Waals surface area (Å²) in [5.74, 6) is 1.05. The van der Waals surface area contributed by atoms with Crippen molar-refractivity contribution in [3.8, 4) is 0 Å². The van der Waals surface area contributed by atoms with Gasteiger partial charge in [-0.3, -0.25) is 13.9 Å². The van der Waals surface area contributed by atoms with Crippen molar-refractivity contribution < 1.29 is 0 Å². The minimum atomic E-state index is -0.343. The average Bonchev–Trinajstić information content (AvgIpc) is 3.38. The van der Waals surface area contributed by atoms with Crippen molar-refractivity contribution in [3.05, 3.63) is 67.6 Å². The van der Waals surface area contributed by atoms with Gasteiger partial charge in [-0.15, -0.1) is 10.2 Å². The van der Waals surface area contributed by atoms with Crippen LogP contribution in [0, 0.1) is 6.92 Å². The van der Waals surface area contributed by atoms with Gasteiger partial charge in [0.15, 0.2) is 5.82 Å². The fraction of sp³-hybridized carbons (Fsp3) is 0.455. The number of tetrazole rings is 1. The number of unbranched alkanes of at least 4 members (excludes halogenated alkanes) is 1. The van der Waals surface area contributed by atoms with E-state index in [4.69, 9.17) is 11.6 Å². The molecule has 9 nitrogen and oxygen atoms in total. The van der Waals surface area contributed by atoms with Crippen LogP contribution < -0.4 is 11.2 Å². The van der Waals surface area contributed by atoms with E-state index in [1.165, 1.54) is 14.9 Å². The highest BCUT2D eigenvalue weighted by Crippen LogP contribution is 2.24. The van der Waals surface area contributed by atoms with Gasteiger partial charge in [0, 0.05) is 25.9 Å². The second-order valence-corrected chi connectivity index (χ2v) is 8.41. The molecule has 1 aromatic carbocycles. The number of nitrogens with zero attached hydrogens (tertiary/aromatic N) is 7. The van der Waals surface area contributed by atoms with Gasteiger partial charge < -0.3 is 0 Å². The zero-order valence-electron chi connectivity index (χ0n) is 18.3. The lowest BCUT2D eigenvalue weighted by molar-refractivity contribution is 0.448. The molecule has 32 heavy (non-hydrogen) atoms. The Morgan fingerprint density at radius 3 is 2.62 bits per heavy atom. The molecule has 1 aliphatic rings. The molecule has 3 aromatic rings. The number of aliphatic imine (C=N–C) groups is 1. The number of hydrogen-bond acceptors (Lipinski definition) is 6. The predicted octanol–water partition coefficient (Wildman–Crippen LogP) is 2.61. The van der Waals surface area contributed by atoms with Crippen LogP contribution in [0.2, 0.25) is 0 Å². The number of aryl methyl sites for hydroxylation is 2. The Kier molecular flexibility index (Phi) is 6.64. The van der Waals surface area contributed by atoms with E-state index < -0.39 is 0 Å². The zero-order chi connectivity index (χ0) is 22.7. The molecule has 3 heterocycles. The van der Waals surface area contributed by atoms with Crippen LogP contribution in [0.4, 0.5) is 5.82 Å². The van der Waals surface area contributed by atoms with Crippen molar-refractivity contribution in [1.82, 2.24) is 29.3 Å². The largest absolute Gasteiger partial charge is 0.332 e. The van der Waals surface area contributed by atoms with Gasteiger partial charge in [0.1, 0.15) is 11.0 Å². The molecule has 0 N–H and O–H groups in total. The van der Waals surface area contributed by atoms with Crippen LogP contribution in [0.5, 0.6) is 0 Å². The molecule has 0 fully saturated rings. The van der Waals surface area contributed by atoms with E-state index in [0.717, 1.165) is 18.4 Å². The molecule has 0 radical (unpaired) electrons. The topological polar surface area (TPSA) is 100.0 Å². The fourth-order valence-corrected chi connectivity index (χ4v) is 4.05. The highest BCUT2D eigenvalue weighted by molar-refractivity contribution is 6.66. The minimum absolute atomic E-state index is 0.267. The lowest BCUT2D eigenvalue weighted by atomic mass is 10.1. The number of hydrogen-bond donors (Lipinski definition) is 0. The van der Waals surface area contributed by atoms with Crippen LogP contribution in [-0.4, -0.2) is 34.5 Å². The van der Waals surface area contributed by atoms with Gasteiger partial charge in [0.05, 0.1) is 12.1 Å². The molecule has 0 atom stereocenters. The van der Waals surface area contributed by atoms with Crippen molar-refractivity contribution in [2.75, 3.05) is 0 Å². The molecule has 0 bridgehead atoms. The van der Waals surface area contributed by atoms with Crippen LogP contribution in [0.25, 0.3) is 0 Å². The van der Waals surface area contributed by atoms with Crippen molar-refractivity contribution >= 4 is 22.6 Å². The molecular weight excluding hydrogens is 430 g/mol. The summed E-state index contributed by atoms with van der Waals surface area (Å²) in [5, 5.41) is 13.0. The van der Waals surface area contributed by atoms with Crippen LogP contribution in [0.3, 0.4) is 0 Å². The Hall–Kier alpha value is -3.07. The summed E-state index contributed by atoms with van der Waals surface area (Å²) < 4.78 is 2.86. The Balaban J connectivity index is 1.47. The smallest absolute Gasteiger partial charge is 0.278 e. The van der Waals surface area contributed by atoms with Crippen LogP contribution in [0.1, 0.15) is 48.7 Å². The van der Waals surface area contributed by atoms with E-state index in [-0.39, 0.29) is 24.2 Å². The van der Waals surface area contributed by atoms with E-state index in [2.05, 4.69) is 46.4 Å². The first-order valence-electron chi connectivity index (χ1n) is 10.9. The monoisotopic (exact) mass is 455 g/mol. The second kappa shape index (κ2) is 9.60. The molecule has 0 saturated carbocycles. The summed E-state index contributed by atoms with van der Waals surface area (Å²) in [6, 6.07) is 8.10. The average molecular weight is 456 g/mol. The zero-order valence-corrected chi connectivity index (χ0v) is 19.0. The Morgan fingerprint density at radius 2 is 1.84 bits per heavy atom. The Morgan fingerprint density at radius 1 is 1.06 bits per heavy atom. The molecular formula is C22H26ClN7O2. The summed E-state index contributed by atoms with van der Waals surface area (Å²) in [5.41, 5.74) is 2.17. The van der Waals surface area contributed by atoms with Crippen LogP contribution in [0.15, 0.2) is 38.8 Å². The second-order valence-electron chi connectivity index (χ2n) is 7.97. The fourth-order valence-electron chi connectivity index (χ4n) is 3.83. The number of benzene rings is 1. The van der Waals surface area contributed by atoms with Crippen molar-refractivity contribution in [2.24, 2.45) is 4.99 Å². The van der Waals surface area contributed by atoms with E-state index >= 15 is 0 Å². The quantitative estimate of drug-likeness (QED) is 0.493. The molecule has 0 amide bonds. The standard InChI is InChI=1S/C22H26ClN7O2/c1-3-4-10-28-20-17(14-18(23)24-20)21(31)29(22(28)32)11-7-12-30-26-19(25-27-30)13-16-9-6-5-8-15(16)2/h5-6,8-9H,3-4,7,10-14H2,1-2H3. The molecule has 168 valence electrons. The van der Waals surface area contributed by atoms with Crippen LogP contribution in [-0.2, 0) is 32.5 Å². The third-order valence-corrected chi connectivity index (χ3v) is 5.84. The minimum Gasteiger partial charge on any atom is -0.278 e.